The molecule has 30 heavy (non-hydrogen) atoms. The number of hydrogen-bond donors (Lipinski definition) is 2. The number of anilines is 1. The quantitative estimate of drug-likeness (QED) is 0.664. The Hall–Kier alpha value is -2.57. The van der Waals surface area contributed by atoms with Crippen molar-refractivity contribution in [2.45, 2.75) is 31.9 Å². The number of likely N-dealkylation sites (tertiary alicyclic amines) is 1. The molecule has 6 nitrogen and oxygen atoms in total. The molecule has 1 amide bonds. The van der Waals surface area contributed by atoms with E-state index in [0.29, 0.717) is 24.4 Å². The Kier molecular flexibility index (Phi) is 7.71. The SMILES string of the molecule is CCCNC(=O)c1ccc(N(C)[C@H](CN2CC[C@H](O)C2)c2ccccc2)c(OC)c1. The van der Waals surface area contributed by atoms with Gasteiger partial charge < -0.3 is 20.1 Å². The second-order valence-corrected chi connectivity index (χ2v) is 7.88. The van der Waals surface area contributed by atoms with Crippen LogP contribution in [0.25, 0.3) is 0 Å². The Morgan fingerprint density at radius 1 is 1.30 bits per heavy atom. The molecule has 2 N–H and O–H groups in total. The smallest absolute Gasteiger partial charge is 0.251 e. The number of methoxy groups -OCH3 is 1. The van der Waals surface area contributed by atoms with Gasteiger partial charge in [0.05, 0.1) is 24.9 Å². The van der Waals surface area contributed by atoms with Crippen molar-refractivity contribution in [2.24, 2.45) is 0 Å². The van der Waals surface area contributed by atoms with Crippen molar-refractivity contribution < 1.29 is 14.6 Å². The fraction of sp³-hybridized carbons (Fsp3) is 0.458. The topological polar surface area (TPSA) is 65.0 Å². The lowest BCUT2D eigenvalue weighted by molar-refractivity contribution is 0.0953. The molecule has 0 aromatic heterocycles. The van der Waals surface area contributed by atoms with E-state index >= 15 is 0 Å². The molecular weight excluding hydrogens is 378 g/mol. The number of β-amino-alcohol motifs (C(OH)–C–C–N with tert-alkyl or cyclic N) is 1. The number of ether oxygens (including phenoxy) is 1. The van der Waals surface area contributed by atoms with E-state index in [1.807, 2.05) is 37.3 Å². The minimum Gasteiger partial charge on any atom is -0.495 e. The third-order valence-electron chi connectivity index (χ3n) is 5.69. The van der Waals surface area contributed by atoms with Crippen molar-refractivity contribution in [1.29, 1.82) is 0 Å². The molecule has 2 aromatic carbocycles. The summed E-state index contributed by atoms with van der Waals surface area (Å²) in [7, 11) is 3.69. The number of aliphatic hydroxyl groups excluding tert-OH is 1. The fourth-order valence-corrected chi connectivity index (χ4v) is 3.97. The summed E-state index contributed by atoms with van der Waals surface area (Å²) in [5.41, 5.74) is 2.72. The third-order valence-corrected chi connectivity index (χ3v) is 5.69. The molecule has 2 atom stereocenters. The van der Waals surface area contributed by atoms with Crippen molar-refractivity contribution in [3.63, 3.8) is 0 Å². The van der Waals surface area contributed by atoms with E-state index in [1.54, 1.807) is 13.2 Å². The molecule has 1 heterocycles. The zero-order valence-corrected chi connectivity index (χ0v) is 18.2. The highest BCUT2D eigenvalue weighted by Gasteiger charge is 2.27. The monoisotopic (exact) mass is 411 g/mol. The van der Waals surface area contributed by atoms with Gasteiger partial charge in [-0.15, -0.1) is 0 Å². The molecule has 0 saturated carbocycles. The molecule has 1 saturated heterocycles. The van der Waals surface area contributed by atoms with Crippen molar-refractivity contribution >= 4 is 11.6 Å². The van der Waals surface area contributed by atoms with Gasteiger partial charge in [0, 0.05) is 38.8 Å². The number of hydrogen-bond acceptors (Lipinski definition) is 5. The van der Waals surface area contributed by atoms with Gasteiger partial charge in [-0.25, -0.2) is 0 Å². The van der Waals surface area contributed by atoms with Crippen LogP contribution in [0.1, 0.15) is 41.7 Å². The van der Waals surface area contributed by atoms with Gasteiger partial charge in [0.15, 0.2) is 0 Å². The average molecular weight is 412 g/mol. The van der Waals surface area contributed by atoms with E-state index in [-0.39, 0.29) is 18.1 Å². The third kappa shape index (κ3) is 5.32. The number of rotatable bonds is 9. The molecule has 6 heteroatoms. The van der Waals surface area contributed by atoms with Crippen molar-refractivity contribution in [2.75, 3.05) is 45.2 Å². The van der Waals surface area contributed by atoms with E-state index < -0.39 is 0 Å². The standard InChI is InChI=1S/C24H33N3O3/c1-4-13-25-24(29)19-10-11-21(23(15-19)30-3)26(2)22(18-8-6-5-7-9-18)17-27-14-12-20(28)16-27/h5-11,15,20,22,28H,4,12-14,16-17H2,1-3H3,(H,25,29)/t20-,22+/m0/s1. The normalized spacial score (nSPS) is 17.5. The van der Waals surface area contributed by atoms with E-state index in [9.17, 15) is 9.90 Å². The lowest BCUT2D eigenvalue weighted by atomic mass is 10.0. The van der Waals surface area contributed by atoms with Crippen LogP contribution in [0.2, 0.25) is 0 Å². The second kappa shape index (κ2) is 10.5. The summed E-state index contributed by atoms with van der Waals surface area (Å²) in [5.74, 6) is 0.582. The first-order chi connectivity index (χ1) is 14.5. The fourth-order valence-electron chi connectivity index (χ4n) is 3.97. The summed E-state index contributed by atoms with van der Waals surface area (Å²) >= 11 is 0. The van der Waals surface area contributed by atoms with Crippen molar-refractivity contribution in [3.05, 3.63) is 59.7 Å². The second-order valence-electron chi connectivity index (χ2n) is 7.88. The van der Waals surface area contributed by atoms with Crippen LogP contribution < -0.4 is 15.0 Å². The molecule has 0 bridgehead atoms. The maximum atomic E-state index is 12.4. The van der Waals surface area contributed by atoms with Gasteiger partial charge in [-0.05, 0) is 36.6 Å². The molecule has 2 aromatic rings. The van der Waals surface area contributed by atoms with Gasteiger partial charge in [0.25, 0.3) is 5.91 Å². The van der Waals surface area contributed by atoms with Crippen LogP contribution in [0.15, 0.2) is 48.5 Å². The predicted molar refractivity (Wildman–Crippen MR) is 120 cm³/mol. The Labute approximate surface area is 179 Å². The Bertz CT molecular complexity index is 828. The van der Waals surface area contributed by atoms with Crippen LogP contribution in [0, 0.1) is 0 Å². The summed E-state index contributed by atoms with van der Waals surface area (Å²) in [4.78, 5) is 16.9. The highest BCUT2D eigenvalue weighted by molar-refractivity contribution is 5.95. The van der Waals surface area contributed by atoms with Crippen LogP contribution in [0.5, 0.6) is 5.75 Å². The van der Waals surface area contributed by atoms with Gasteiger partial charge in [-0.1, -0.05) is 37.3 Å². The van der Waals surface area contributed by atoms with E-state index in [4.69, 9.17) is 4.74 Å². The molecule has 1 fully saturated rings. The summed E-state index contributed by atoms with van der Waals surface area (Å²) in [6.07, 6.45) is 1.46. The first-order valence-corrected chi connectivity index (χ1v) is 10.7. The highest BCUT2D eigenvalue weighted by Crippen LogP contribution is 2.35. The molecule has 1 aliphatic rings. The number of likely N-dealkylation sites (N-methyl/N-ethyl adjacent to an activating group) is 1. The number of carbonyl (C=O) groups is 1. The zero-order chi connectivity index (χ0) is 21.5. The van der Waals surface area contributed by atoms with Gasteiger partial charge in [-0.2, -0.15) is 0 Å². The Morgan fingerprint density at radius 3 is 2.70 bits per heavy atom. The molecule has 0 spiro atoms. The molecule has 3 rings (SSSR count). The maximum Gasteiger partial charge on any atom is 0.251 e. The Morgan fingerprint density at radius 2 is 2.07 bits per heavy atom. The number of carbonyl (C=O) groups excluding carboxylic acids is 1. The van der Waals surface area contributed by atoms with E-state index in [2.05, 4.69) is 34.3 Å². The van der Waals surface area contributed by atoms with E-state index in [0.717, 1.165) is 31.6 Å². The number of aliphatic hydroxyl groups is 1. The lowest BCUT2D eigenvalue weighted by Gasteiger charge is -2.34. The van der Waals surface area contributed by atoms with Gasteiger partial charge in [0.1, 0.15) is 5.75 Å². The summed E-state index contributed by atoms with van der Waals surface area (Å²) in [6.45, 7) is 5.08. The van der Waals surface area contributed by atoms with Crippen LogP contribution in [0.3, 0.4) is 0 Å². The average Bonchev–Trinajstić information content (AvgIpc) is 3.20. The first kappa shape index (κ1) is 22.1. The molecule has 1 aliphatic heterocycles. The Balaban J connectivity index is 1.87. The summed E-state index contributed by atoms with van der Waals surface area (Å²) in [5, 5.41) is 12.9. The van der Waals surface area contributed by atoms with Crippen LogP contribution >= 0.6 is 0 Å². The number of amides is 1. The van der Waals surface area contributed by atoms with Crippen molar-refractivity contribution in [1.82, 2.24) is 10.2 Å². The van der Waals surface area contributed by atoms with Crippen molar-refractivity contribution in [3.8, 4) is 5.75 Å². The summed E-state index contributed by atoms with van der Waals surface area (Å²) < 4.78 is 5.66. The number of benzene rings is 2. The molecular formula is C24H33N3O3. The molecule has 162 valence electrons. The summed E-state index contributed by atoms with van der Waals surface area (Å²) in [6, 6.07) is 16.1. The van der Waals surface area contributed by atoms with Gasteiger partial charge in [-0.3, -0.25) is 9.69 Å². The highest BCUT2D eigenvalue weighted by atomic mass is 16.5. The van der Waals surface area contributed by atoms with Crippen LogP contribution in [0.4, 0.5) is 5.69 Å². The molecule has 0 aliphatic carbocycles. The largest absolute Gasteiger partial charge is 0.495 e. The first-order valence-electron chi connectivity index (χ1n) is 10.7. The van der Waals surface area contributed by atoms with Gasteiger partial charge in [0.2, 0.25) is 0 Å². The molecule has 0 unspecified atom stereocenters. The van der Waals surface area contributed by atoms with E-state index in [1.165, 1.54) is 5.56 Å². The number of nitrogens with zero attached hydrogens (tertiary/aromatic N) is 2. The molecule has 0 radical (unpaired) electrons. The number of nitrogens with one attached hydrogen (secondary N) is 1. The maximum absolute atomic E-state index is 12.4. The van der Waals surface area contributed by atoms with Crippen LogP contribution in [-0.2, 0) is 0 Å². The lowest BCUT2D eigenvalue weighted by Crippen LogP contribution is -2.36. The minimum atomic E-state index is -0.248. The minimum absolute atomic E-state index is 0.0879. The predicted octanol–water partition coefficient (Wildman–Crippen LogP) is 3.08. The van der Waals surface area contributed by atoms with Gasteiger partial charge >= 0.3 is 0 Å². The van der Waals surface area contributed by atoms with Crippen LogP contribution in [-0.4, -0.2) is 62.4 Å². The zero-order valence-electron chi connectivity index (χ0n) is 18.2.